The predicted octanol–water partition coefficient (Wildman–Crippen LogP) is 2.73. The van der Waals surface area contributed by atoms with Crippen molar-refractivity contribution in [1.82, 2.24) is 20.0 Å². The molecule has 0 saturated carbocycles. The number of hydrogen-bond donors (Lipinski definition) is 1. The summed E-state index contributed by atoms with van der Waals surface area (Å²) in [6.45, 7) is 9.67. The molecule has 1 N–H and O–H groups in total. The summed E-state index contributed by atoms with van der Waals surface area (Å²) in [4.78, 5) is 2.50. The smallest absolute Gasteiger partial charge is 0.131 e. The molecule has 0 aliphatic carbocycles. The fourth-order valence-corrected chi connectivity index (χ4v) is 3.11. The van der Waals surface area contributed by atoms with Gasteiger partial charge >= 0.3 is 0 Å². The van der Waals surface area contributed by atoms with Crippen molar-refractivity contribution in [3.05, 3.63) is 16.4 Å². The average Bonchev–Trinajstić information content (AvgIpc) is 2.65. The standard InChI is InChI=1S/C15H27ClN4/c1-11(2)20(9-13-7-5-6-8-17-13)10-14-12(3)18-19(4)15(14)16/h11,13,17H,5-10H2,1-4H3. The molecule has 20 heavy (non-hydrogen) atoms. The number of aromatic nitrogens is 2. The number of nitrogens with one attached hydrogen (secondary N) is 1. The summed E-state index contributed by atoms with van der Waals surface area (Å²) in [5.41, 5.74) is 2.21. The molecule has 0 aromatic carbocycles. The van der Waals surface area contributed by atoms with Gasteiger partial charge in [-0.25, -0.2) is 0 Å². The van der Waals surface area contributed by atoms with E-state index < -0.39 is 0 Å². The Bertz CT molecular complexity index is 435. The maximum atomic E-state index is 6.36. The van der Waals surface area contributed by atoms with Crippen LogP contribution < -0.4 is 5.32 Å². The minimum Gasteiger partial charge on any atom is -0.313 e. The van der Waals surface area contributed by atoms with Gasteiger partial charge < -0.3 is 5.32 Å². The lowest BCUT2D eigenvalue weighted by Gasteiger charge is -2.33. The quantitative estimate of drug-likeness (QED) is 0.907. The molecule has 0 amide bonds. The molecule has 1 fully saturated rings. The van der Waals surface area contributed by atoms with E-state index in [4.69, 9.17) is 11.6 Å². The van der Waals surface area contributed by atoms with Crippen LogP contribution in [-0.2, 0) is 13.6 Å². The van der Waals surface area contributed by atoms with Crippen LogP contribution in [0.25, 0.3) is 0 Å². The molecule has 0 spiro atoms. The Kier molecular flexibility index (Phi) is 5.47. The molecule has 4 nitrogen and oxygen atoms in total. The van der Waals surface area contributed by atoms with Gasteiger partial charge in [-0.1, -0.05) is 18.0 Å². The van der Waals surface area contributed by atoms with Gasteiger partial charge in [0.1, 0.15) is 5.15 Å². The Balaban J connectivity index is 2.05. The van der Waals surface area contributed by atoms with Gasteiger partial charge in [0.05, 0.1) is 5.69 Å². The van der Waals surface area contributed by atoms with Crippen molar-refractivity contribution in [3.8, 4) is 0 Å². The van der Waals surface area contributed by atoms with E-state index in [9.17, 15) is 0 Å². The second-order valence-electron chi connectivity index (χ2n) is 6.15. The van der Waals surface area contributed by atoms with Crippen LogP contribution in [0.5, 0.6) is 0 Å². The third-order valence-electron chi connectivity index (χ3n) is 4.23. The summed E-state index contributed by atoms with van der Waals surface area (Å²) in [5, 5.41) is 8.81. The van der Waals surface area contributed by atoms with Gasteiger partial charge in [-0.05, 0) is 40.2 Å². The van der Waals surface area contributed by atoms with Crippen LogP contribution in [0.3, 0.4) is 0 Å². The number of nitrogens with zero attached hydrogens (tertiary/aromatic N) is 3. The Morgan fingerprint density at radius 1 is 1.45 bits per heavy atom. The van der Waals surface area contributed by atoms with Crippen LogP contribution in [0.2, 0.25) is 5.15 Å². The first-order valence-corrected chi connectivity index (χ1v) is 8.02. The van der Waals surface area contributed by atoms with Gasteiger partial charge in [-0.15, -0.1) is 0 Å². The highest BCUT2D eigenvalue weighted by molar-refractivity contribution is 6.30. The molecule has 1 aromatic rings. The highest BCUT2D eigenvalue weighted by Gasteiger charge is 2.21. The lowest BCUT2D eigenvalue weighted by Crippen LogP contribution is -2.45. The van der Waals surface area contributed by atoms with Gasteiger partial charge in [-0.3, -0.25) is 9.58 Å². The second-order valence-corrected chi connectivity index (χ2v) is 6.51. The predicted molar refractivity (Wildman–Crippen MR) is 84.1 cm³/mol. The molecule has 1 unspecified atom stereocenters. The molecule has 1 aromatic heterocycles. The zero-order valence-corrected chi connectivity index (χ0v) is 13.9. The van der Waals surface area contributed by atoms with Crippen LogP contribution >= 0.6 is 11.6 Å². The summed E-state index contributed by atoms with van der Waals surface area (Å²) < 4.78 is 1.77. The molecule has 0 bridgehead atoms. The molecule has 5 heteroatoms. The van der Waals surface area contributed by atoms with Gasteiger partial charge in [0.25, 0.3) is 0 Å². The molecule has 1 aliphatic rings. The number of halogens is 1. The minimum atomic E-state index is 0.509. The Labute approximate surface area is 127 Å². The third kappa shape index (κ3) is 3.74. The topological polar surface area (TPSA) is 33.1 Å². The maximum Gasteiger partial charge on any atom is 0.131 e. The summed E-state index contributed by atoms with van der Waals surface area (Å²) in [7, 11) is 1.90. The van der Waals surface area contributed by atoms with E-state index in [1.54, 1.807) is 4.68 Å². The maximum absolute atomic E-state index is 6.36. The lowest BCUT2D eigenvalue weighted by atomic mass is 10.0. The van der Waals surface area contributed by atoms with Gasteiger partial charge in [0.2, 0.25) is 0 Å². The molecule has 114 valence electrons. The second kappa shape index (κ2) is 6.92. The van der Waals surface area contributed by atoms with E-state index in [2.05, 4.69) is 29.2 Å². The highest BCUT2D eigenvalue weighted by Crippen LogP contribution is 2.22. The lowest BCUT2D eigenvalue weighted by molar-refractivity contribution is 0.177. The van der Waals surface area contributed by atoms with Gasteiger partial charge in [0.15, 0.2) is 0 Å². The van der Waals surface area contributed by atoms with Crippen LogP contribution in [0, 0.1) is 6.92 Å². The number of rotatable bonds is 5. The largest absolute Gasteiger partial charge is 0.313 e. The van der Waals surface area contributed by atoms with Crippen molar-refractivity contribution in [2.75, 3.05) is 13.1 Å². The summed E-state index contributed by atoms with van der Waals surface area (Å²) in [6.07, 6.45) is 3.94. The van der Waals surface area contributed by atoms with Crippen molar-refractivity contribution in [2.45, 2.75) is 58.7 Å². The van der Waals surface area contributed by atoms with Crippen molar-refractivity contribution < 1.29 is 0 Å². The third-order valence-corrected chi connectivity index (χ3v) is 4.70. The van der Waals surface area contributed by atoms with E-state index in [-0.39, 0.29) is 0 Å². The molecular formula is C15H27ClN4. The Hall–Kier alpha value is -0.580. The molecule has 0 radical (unpaired) electrons. The van der Waals surface area contributed by atoms with E-state index in [0.717, 1.165) is 30.5 Å². The summed E-state index contributed by atoms with van der Waals surface area (Å²) in [5.74, 6) is 0. The van der Waals surface area contributed by atoms with Crippen LogP contribution in [0.15, 0.2) is 0 Å². The first-order chi connectivity index (χ1) is 9.49. The summed E-state index contributed by atoms with van der Waals surface area (Å²) >= 11 is 6.36. The first kappa shape index (κ1) is 15.8. The minimum absolute atomic E-state index is 0.509. The van der Waals surface area contributed by atoms with Crippen molar-refractivity contribution in [1.29, 1.82) is 0 Å². The molecule has 2 rings (SSSR count). The number of hydrogen-bond acceptors (Lipinski definition) is 3. The van der Waals surface area contributed by atoms with Crippen LogP contribution in [0.1, 0.15) is 44.4 Å². The van der Waals surface area contributed by atoms with Gasteiger partial charge in [0, 0.05) is 37.8 Å². The molecule has 1 atom stereocenters. The Morgan fingerprint density at radius 3 is 2.70 bits per heavy atom. The SMILES string of the molecule is Cc1nn(C)c(Cl)c1CN(CC1CCCCN1)C(C)C. The fourth-order valence-electron chi connectivity index (χ4n) is 2.88. The zero-order valence-electron chi connectivity index (χ0n) is 13.1. The van der Waals surface area contributed by atoms with Crippen molar-refractivity contribution >= 4 is 11.6 Å². The molecule has 1 saturated heterocycles. The zero-order chi connectivity index (χ0) is 14.7. The van der Waals surface area contributed by atoms with E-state index in [1.165, 1.54) is 24.8 Å². The molecule has 1 aliphatic heterocycles. The molecule has 2 heterocycles. The van der Waals surface area contributed by atoms with E-state index in [1.807, 2.05) is 14.0 Å². The summed E-state index contributed by atoms with van der Waals surface area (Å²) in [6, 6.07) is 1.12. The number of piperidine rings is 1. The first-order valence-electron chi connectivity index (χ1n) is 7.64. The monoisotopic (exact) mass is 298 g/mol. The normalized spacial score (nSPS) is 20.1. The molecular weight excluding hydrogens is 272 g/mol. The van der Waals surface area contributed by atoms with Crippen LogP contribution in [0.4, 0.5) is 0 Å². The van der Waals surface area contributed by atoms with Crippen molar-refractivity contribution in [3.63, 3.8) is 0 Å². The highest BCUT2D eigenvalue weighted by atomic mass is 35.5. The van der Waals surface area contributed by atoms with Crippen molar-refractivity contribution in [2.24, 2.45) is 7.05 Å². The van der Waals surface area contributed by atoms with Crippen LogP contribution in [-0.4, -0.2) is 39.9 Å². The average molecular weight is 299 g/mol. The van der Waals surface area contributed by atoms with Gasteiger partial charge in [-0.2, -0.15) is 5.10 Å². The van der Waals surface area contributed by atoms with E-state index in [0.29, 0.717) is 12.1 Å². The Morgan fingerprint density at radius 2 is 2.20 bits per heavy atom. The fraction of sp³-hybridized carbons (Fsp3) is 0.800. The number of aryl methyl sites for hydroxylation is 2. The van der Waals surface area contributed by atoms with E-state index >= 15 is 0 Å².